The predicted molar refractivity (Wildman–Crippen MR) is 76.3 cm³/mol. The summed E-state index contributed by atoms with van der Waals surface area (Å²) in [6.45, 7) is 3.71. The minimum atomic E-state index is -4.39. The Labute approximate surface area is 126 Å². The summed E-state index contributed by atoms with van der Waals surface area (Å²) in [7, 11) is 0. The predicted octanol–water partition coefficient (Wildman–Crippen LogP) is 3.44. The molecule has 0 bridgehead atoms. The number of hydrogen-bond donors (Lipinski definition) is 1. The molecule has 0 radical (unpaired) electrons. The molecule has 0 amide bonds. The van der Waals surface area contributed by atoms with Crippen LogP contribution in [0.5, 0.6) is 0 Å². The van der Waals surface area contributed by atoms with E-state index in [-0.39, 0.29) is 12.1 Å². The maximum absolute atomic E-state index is 12.7. The summed E-state index contributed by atoms with van der Waals surface area (Å²) >= 11 is 0. The number of alkyl halides is 3. The normalized spacial score (nSPS) is 12.5. The first-order valence-electron chi connectivity index (χ1n) is 7.24. The Morgan fingerprint density at radius 2 is 2.05 bits per heavy atom. The van der Waals surface area contributed by atoms with Crippen LogP contribution < -0.4 is 0 Å². The van der Waals surface area contributed by atoms with E-state index in [9.17, 15) is 13.2 Å². The van der Waals surface area contributed by atoms with Gasteiger partial charge in [-0.2, -0.15) is 13.2 Å². The number of unbranched alkanes of at least 4 members (excludes halogenated alkanes) is 1. The second-order valence-electron chi connectivity index (χ2n) is 5.14. The number of aromatic nitrogens is 1. The van der Waals surface area contributed by atoms with E-state index in [0.29, 0.717) is 24.6 Å². The largest absolute Gasteiger partial charge is 0.439 e. The van der Waals surface area contributed by atoms with Gasteiger partial charge in [0, 0.05) is 6.54 Å². The van der Waals surface area contributed by atoms with Gasteiger partial charge in [-0.3, -0.25) is 4.90 Å². The SMILES string of the molecule is CCCCN(CCO)Cc1nc2cc(C(F)(F)F)ccc2o1. The highest BCUT2D eigenvalue weighted by Gasteiger charge is 2.31. The Hall–Kier alpha value is -1.60. The highest BCUT2D eigenvalue weighted by atomic mass is 19.4. The van der Waals surface area contributed by atoms with E-state index in [2.05, 4.69) is 11.9 Å². The van der Waals surface area contributed by atoms with Gasteiger partial charge in [-0.15, -0.1) is 0 Å². The van der Waals surface area contributed by atoms with Crippen molar-refractivity contribution in [2.75, 3.05) is 19.7 Å². The molecule has 0 fully saturated rings. The van der Waals surface area contributed by atoms with Crippen LogP contribution in [0.1, 0.15) is 31.2 Å². The number of rotatable bonds is 7. The molecule has 4 nitrogen and oxygen atoms in total. The van der Waals surface area contributed by atoms with Crippen molar-refractivity contribution in [1.82, 2.24) is 9.88 Å². The molecule has 2 rings (SSSR count). The lowest BCUT2D eigenvalue weighted by Gasteiger charge is -2.18. The van der Waals surface area contributed by atoms with E-state index >= 15 is 0 Å². The van der Waals surface area contributed by atoms with Gasteiger partial charge in [-0.1, -0.05) is 13.3 Å². The molecule has 7 heteroatoms. The molecule has 0 aliphatic rings. The van der Waals surface area contributed by atoms with Gasteiger partial charge >= 0.3 is 6.18 Å². The zero-order valence-electron chi connectivity index (χ0n) is 12.4. The summed E-state index contributed by atoms with van der Waals surface area (Å²) in [4.78, 5) is 6.10. The van der Waals surface area contributed by atoms with Crippen molar-refractivity contribution in [3.05, 3.63) is 29.7 Å². The third-order valence-corrected chi connectivity index (χ3v) is 3.36. The van der Waals surface area contributed by atoms with Crippen LogP contribution in [0.4, 0.5) is 13.2 Å². The monoisotopic (exact) mass is 316 g/mol. The van der Waals surface area contributed by atoms with Crippen molar-refractivity contribution < 1.29 is 22.7 Å². The number of aliphatic hydroxyl groups is 1. The van der Waals surface area contributed by atoms with E-state index in [4.69, 9.17) is 9.52 Å². The molecule has 1 aromatic carbocycles. The fourth-order valence-electron chi connectivity index (χ4n) is 2.20. The highest BCUT2D eigenvalue weighted by Crippen LogP contribution is 2.31. The number of halogens is 3. The summed E-state index contributed by atoms with van der Waals surface area (Å²) in [5.41, 5.74) is -0.204. The van der Waals surface area contributed by atoms with E-state index < -0.39 is 11.7 Å². The molecular weight excluding hydrogens is 297 g/mol. The highest BCUT2D eigenvalue weighted by molar-refractivity contribution is 5.73. The molecule has 0 saturated heterocycles. The second kappa shape index (κ2) is 7.11. The van der Waals surface area contributed by atoms with Crippen molar-refractivity contribution in [2.45, 2.75) is 32.5 Å². The van der Waals surface area contributed by atoms with Crippen LogP contribution >= 0.6 is 0 Å². The average molecular weight is 316 g/mol. The Morgan fingerprint density at radius 3 is 2.68 bits per heavy atom. The van der Waals surface area contributed by atoms with Gasteiger partial charge in [0.15, 0.2) is 5.58 Å². The minimum Gasteiger partial charge on any atom is -0.439 e. The maximum Gasteiger partial charge on any atom is 0.416 e. The van der Waals surface area contributed by atoms with Gasteiger partial charge in [-0.25, -0.2) is 4.98 Å². The van der Waals surface area contributed by atoms with Crippen molar-refractivity contribution >= 4 is 11.1 Å². The second-order valence-corrected chi connectivity index (χ2v) is 5.14. The quantitative estimate of drug-likeness (QED) is 0.850. The first-order valence-corrected chi connectivity index (χ1v) is 7.24. The lowest BCUT2D eigenvalue weighted by molar-refractivity contribution is -0.137. The van der Waals surface area contributed by atoms with Gasteiger partial charge in [-0.05, 0) is 31.2 Å². The van der Waals surface area contributed by atoms with Gasteiger partial charge in [0.05, 0.1) is 18.7 Å². The van der Waals surface area contributed by atoms with Gasteiger partial charge in [0.1, 0.15) is 5.52 Å². The van der Waals surface area contributed by atoms with Crippen molar-refractivity contribution in [3.63, 3.8) is 0 Å². The standard InChI is InChI=1S/C15H19F3N2O2/c1-2-3-6-20(7-8-21)10-14-19-12-9-11(15(16,17)18)4-5-13(12)22-14/h4-5,9,21H,2-3,6-8,10H2,1H3. The maximum atomic E-state index is 12.7. The van der Waals surface area contributed by atoms with Crippen molar-refractivity contribution in [2.24, 2.45) is 0 Å². The molecule has 0 atom stereocenters. The van der Waals surface area contributed by atoms with Gasteiger partial charge in [0.25, 0.3) is 0 Å². The van der Waals surface area contributed by atoms with Crippen molar-refractivity contribution in [3.8, 4) is 0 Å². The van der Waals surface area contributed by atoms with Crippen LogP contribution in [-0.4, -0.2) is 34.7 Å². The lowest BCUT2D eigenvalue weighted by Crippen LogP contribution is -2.27. The molecule has 1 N–H and O–H groups in total. The molecular formula is C15H19F3N2O2. The molecule has 1 aromatic heterocycles. The molecule has 0 unspecified atom stereocenters. The number of nitrogens with zero attached hydrogens (tertiary/aromatic N) is 2. The third-order valence-electron chi connectivity index (χ3n) is 3.36. The molecule has 122 valence electrons. The van der Waals surface area contributed by atoms with Crippen molar-refractivity contribution in [1.29, 1.82) is 0 Å². The molecule has 0 aliphatic carbocycles. The molecule has 0 aliphatic heterocycles. The molecule has 0 spiro atoms. The number of benzene rings is 1. The first kappa shape index (κ1) is 16.8. The number of hydrogen-bond acceptors (Lipinski definition) is 4. The van der Waals surface area contributed by atoms with E-state index in [0.717, 1.165) is 31.5 Å². The zero-order valence-corrected chi connectivity index (χ0v) is 12.4. The summed E-state index contributed by atoms with van der Waals surface area (Å²) in [5.74, 6) is 0.360. The van der Waals surface area contributed by atoms with Crippen LogP contribution in [-0.2, 0) is 12.7 Å². The number of fused-ring (bicyclic) bond motifs is 1. The minimum absolute atomic E-state index is 0.0160. The lowest BCUT2D eigenvalue weighted by atomic mass is 10.2. The average Bonchev–Trinajstić information content (AvgIpc) is 2.85. The van der Waals surface area contributed by atoms with Crippen LogP contribution in [0.25, 0.3) is 11.1 Å². The first-order chi connectivity index (χ1) is 10.4. The smallest absolute Gasteiger partial charge is 0.416 e. The third kappa shape index (κ3) is 4.20. The number of aliphatic hydroxyl groups excluding tert-OH is 1. The topological polar surface area (TPSA) is 49.5 Å². The summed E-state index contributed by atoms with van der Waals surface area (Å²) < 4.78 is 43.5. The Bertz CT molecular complexity index is 610. The van der Waals surface area contributed by atoms with Crippen LogP contribution in [0.15, 0.2) is 22.6 Å². The summed E-state index contributed by atoms with van der Waals surface area (Å²) in [6, 6.07) is 3.27. The summed E-state index contributed by atoms with van der Waals surface area (Å²) in [6.07, 6.45) is -2.40. The Kier molecular flexibility index (Phi) is 5.42. The van der Waals surface area contributed by atoms with Gasteiger partial charge in [0.2, 0.25) is 5.89 Å². The van der Waals surface area contributed by atoms with Crippen LogP contribution in [0.3, 0.4) is 0 Å². The Morgan fingerprint density at radius 1 is 1.27 bits per heavy atom. The number of oxazole rings is 1. The molecule has 2 aromatic rings. The van der Waals surface area contributed by atoms with E-state index in [1.165, 1.54) is 6.07 Å². The Balaban J connectivity index is 2.17. The van der Waals surface area contributed by atoms with E-state index in [1.54, 1.807) is 0 Å². The zero-order chi connectivity index (χ0) is 16.2. The molecule has 22 heavy (non-hydrogen) atoms. The molecule has 1 heterocycles. The summed E-state index contributed by atoms with van der Waals surface area (Å²) in [5, 5.41) is 9.06. The fourth-order valence-corrected chi connectivity index (χ4v) is 2.20. The van der Waals surface area contributed by atoms with Gasteiger partial charge < -0.3 is 9.52 Å². The molecule has 0 saturated carbocycles. The van der Waals surface area contributed by atoms with Crippen LogP contribution in [0, 0.1) is 0 Å². The van der Waals surface area contributed by atoms with Crippen LogP contribution in [0.2, 0.25) is 0 Å². The van der Waals surface area contributed by atoms with E-state index in [1.807, 2.05) is 4.90 Å². The fraction of sp³-hybridized carbons (Fsp3) is 0.533.